The van der Waals surface area contributed by atoms with E-state index >= 15 is 0 Å². The first-order valence-corrected chi connectivity index (χ1v) is 5.91. The van der Waals surface area contributed by atoms with Crippen molar-refractivity contribution in [1.82, 2.24) is 4.98 Å². The van der Waals surface area contributed by atoms with Crippen LogP contribution < -0.4 is 66.3 Å². The van der Waals surface area contributed by atoms with Crippen LogP contribution >= 0.6 is 0 Å². The number of nitrogens with zero attached hydrogens (tertiary/aromatic N) is 1. The monoisotopic (exact) mass is 321 g/mol. The van der Waals surface area contributed by atoms with Crippen molar-refractivity contribution in [3.63, 3.8) is 0 Å². The Morgan fingerprint density at radius 3 is 2.33 bits per heavy atom. The van der Waals surface area contributed by atoms with Gasteiger partial charge < -0.3 is 22.4 Å². The fraction of sp³-hybridized carbons (Fsp3) is 0.154. The normalized spacial score (nSPS) is 10.7. The fourth-order valence-corrected chi connectivity index (χ4v) is 1.66. The third-order valence-electron chi connectivity index (χ3n) is 2.70. The average Bonchev–Trinajstić information content (AvgIpc) is 2.45. The minimum absolute atomic E-state index is 0. The molecule has 1 aromatic carbocycles. The van der Waals surface area contributed by atoms with Crippen molar-refractivity contribution >= 4 is 12.4 Å². The molecule has 0 saturated carbocycles. The van der Waals surface area contributed by atoms with Gasteiger partial charge in [0, 0.05) is 6.20 Å². The summed E-state index contributed by atoms with van der Waals surface area (Å²) < 4.78 is 47.9. The molecule has 2 rings (SSSR count). The summed E-state index contributed by atoms with van der Waals surface area (Å²) in [5.41, 5.74) is 0.0791. The van der Waals surface area contributed by atoms with E-state index in [0.717, 1.165) is 17.7 Å². The molecule has 2 aromatic rings. The van der Waals surface area contributed by atoms with E-state index in [1.807, 2.05) is 0 Å². The molecule has 3 nitrogen and oxygen atoms in total. The number of methoxy groups -OCH3 is 1. The van der Waals surface area contributed by atoms with Crippen LogP contribution in [0.4, 0.5) is 12.9 Å². The molecule has 0 bridgehead atoms. The summed E-state index contributed by atoms with van der Waals surface area (Å²) in [7, 11) is 1.49. The van der Waals surface area contributed by atoms with Crippen molar-refractivity contribution in [1.29, 1.82) is 0 Å². The quantitative estimate of drug-likeness (QED) is 0.711. The van der Waals surface area contributed by atoms with Gasteiger partial charge in [0.1, 0.15) is 12.4 Å². The minimum atomic E-state index is -4.97. The molecule has 0 aliphatic carbocycles. The van der Waals surface area contributed by atoms with E-state index < -0.39 is 12.4 Å². The summed E-state index contributed by atoms with van der Waals surface area (Å²) in [6, 6.07) is 8.13. The molecule has 0 N–H and O–H groups in total. The molecule has 1 heterocycles. The maximum Gasteiger partial charge on any atom is 1.00 e. The summed E-state index contributed by atoms with van der Waals surface area (Å²) in [4.78, 5) is 4.01. The molecule has 0 aliphatic rings. The third kappa shape index (κ3) is 5.30. The maximum absolute atomic E-state index is 12.5. The Kier molecular flexibility index (Phi) is 7.22. The van der Waals surface area contributed by atoms with Crippen LogP contribution in [-0.2, 0) is 6.61 Å². The Hall–Kier alpha value is -0.539. The summed E-state index contributed by atoms with van der Waals surface area (Å²) in [5, 5.41) is 0. The summed E-state index contributed by atoms with van der Waals surface area (Å²) in [6.07, 6.45) is 1.59. The number of benzene rings is 1. The topological polar surface area (TPSA) is 31.4 Å². The van der Waals surface area contributed by atoms with E-state index in [1.54, 1.807) is 18.3 Å². The second kappa shape index (κ2) is 8.19. The van der Waals surface area contributed by atoms with Crippen LogP contribution in [0.15, 0.2) is 42.6 Å². The van der Waals surface area contributed by atoms with Crippen molar-refractivity contribution in [3.05, 3.63) is 48.2 Å². The molecule has 0 unspecified atom stereocenters. The molecule has 0 saturated heterocycles. The van der Waals surface area contributed by atoms with Gasteiger partial charge in [0.25, 0.3) is 0 Å². The van der Waals surface area contributed by atoms with Gasteiger partial charge in [0.05, 0.1) is 12.7 Å². The predicted octanol–water partition coefficient (Wildman–Crippen LogP) is -0.272. The molecular formula is C13H12BF3KNO2. The van der Waals surface area contributed by atoms with E-state index in [4.69, 9.17) is 9.47 Å². The second-order valence-corrected chi connectivity index (χ2v) is 4.10. The van der Waals surface area contributed by atoms with Crippen molar-refractivity contribution in [2.24, 2.45) is 0 Å². The number of aromatic nitrogens is 1. The van der Waals surface area contributed by atoms with Crippen LogP contribution in [0, 0.1) is 0 Å². The number of pyridine rings is 1. The fourth-order valence-electron chi connectivity index (χ4n) is 1.66. The van der Waals surface area contributed by atoms with Crippen molar-refractivity contribution < 1.29 is 73.8 Å². The zero-order valence-corrected chi connectivity index (χ0v) is 14.8. The van der Waals surface area contributed by atoms with E-state index in [9.17, 15) is 12.9 Å². The van der Waals surface area contributed by atoms with Crippen molar-refractivity contribution in [2.75, 3.05) is 7.11 Å². The van der Waals surface area contributed by atoms with Gasteiger partial charge in [-0.15, -0.1) is 5.46 Å². The van der Waals surface area contributed by atoms with Crippen LogP contribution in [0.2, 0.25) is 0 Å². The number of rotatable bonds is 5. The number of ether oxygens (including phenoxy) is 2. The van der Waals surface area contributed by atoms with Gasteiger partial charge >= 0.3 is 58.4 Å². The Balaban J connectivity index is 0.00000220. The van der Waals surface area contributed by atoms with E-state index in [1.165, 1.54) is 19.2 Å². The number of hydrogen-bond acceptors (Lipinski definition) is 3. The molecule has 0 spiro atoms. The van der Waals surface area contributed by atoms with Gasteiger partial charge in [-0.1, -0.05) is 12.1 Å². The molecule has 0 amide bonds. The molecule has 1 aromatic heterocycles. The van der Waals surface area contributed by atoms with E-state index in [-0.39, 0.29) is 58.0 Å². The van der Waals surface area contributed by atoms with Crippen LogP contribution in [0.25, 0.3) is 0 Å². The Bertz CT molecular complexity index is 578. The molecule has 0 fully saturated rings. The number of halogens is 3. The van der Waals surface area contributed by atoms with Crippen LogP contribution in [-0.4, -0.2) is 19.1 Å². The van der Waals surface area contributed by atoms with Gasteiger partial charge in [-0.2, -0.15) is 0 Å². The molecule has 8 heteroatoms. The molecule has 0 atom stereocenters. The van der Waals surface area contributed by atoms with Crippen LogP contribution in [0.1, 0.15) is 5.56 Å². The molecule has 0 radical (unpaired) electrons. The molecule has 21 heavy (non-hydrogen) atoms. The van der Waals surface area contributed by atoms with Gasteiger partial charge in [-0.25, -0.2) is 4.98 Å². The predicted molar refractivity (Wildman–Crippen MR) is 70.3 cm³/mol. The molecule has 106 valence electrons. The SMILES string of the molecule is COc1ncccc1COc1ccc([B-](F)(F)F)cc1.[K+]. The molecular weight excluding hydrogens is 309 g/mol. The van der Waals surface area contributed by atoms with Gasteiger partial charge in [-0.3, -0.25) is 0 Å². The first kappa shape index (κ1) is 18.5. The summed E-state index contributed by atoms with van der Waals surface area (Å²) in [6.45, 7) is -4.80. The van der Waals surface area contributed by atoms with Crippen LogP contribution in [0.5, 0.6) is 11.6 Å². The smallest absolute Gasteiger partial charge is 0.489 e. The van der Waals surface area contributed by atoms with Crippen molar-refractivity contribution in [2.45, 2.75) is 6.61 Å². The Morgan fingerprint density at radius 2 is 1.76 bits per heavy atom. The van der Waals surface area contributed by atoms with E-state index in [2.05, 4.69) is 4.98 Å². The number of hydrogen-bond donors (Lipinski definition) is 0. The summed E-state index contributed by atoms with van der Waals surface area (Å²) in [5.74, 6) is 0.794. The molecule has 0 aliphatic heterocycles. The zero-order chi connectivity index (χ0) is 14.6. The van der Waals surface area contributed by atoms with Gasteiger partial charge in [0.15, 0.2) is 0 Å². The average molecular weight is 321 g/mol. The van der Waals surface area contributed by atoms with Gasteiger partial charge in [-0.05, 0) is 24.3 Å². The second-order valence-electron chi connectivity index (χ2n) is 4.10. The first-order valence-electron chi connectivity index (χ1n) is 5.91. The van der Waals surface area contributed by atoms with E-state index in [0.29, 0.717) is 11.6 Å². The Labute approximate surface area is 163 Å². The Morgan fingerprint density at radius 1 is 1.10 bits per heavy atom. The van der Waals surface area contributed by atoms with Gasteiger partial charge in [0.2, 0.25) is 5.88 Å². The standard InChI is InChI=1S/C13H12BF3NO2.K/c1-19-13-10(3-2-8-18-13)9-20-12-6-4-11(5-7-12)14(15,16)17;/h2-8H,9H2,1H3;/q-1;+1. The minimum Gasteiger partial charge on any atom is -0.489 e. The third-order valence-corrected chi connectivity index (χ3v) is 2.70. The zero-order valence-electron chi connectivity index (χ0n) is 11.7. The van der Waals surface area contributed by atoms with Crippen molar-refractivity contribution in [3.8, 4) is 11.6 Å². The first-order chi connectivity index (χ1) is 9.50. The maximum atomic E-state index is 12.5. The van der Waals surface area contributed by atoms with Crippen LogP contribution in [0.3, 0.4) is 0 Å². The largest absolute Gasteiger partial charge is 1.00 e. The summed E-state index contributed by atoms with van der Waals surface area (Å²) >= 11 is 0.